The van der Waals surface area contributed by atoms with Gasteiger partial charge in [-0.2, -0.15) is 0 Å². The number of thiazole rings is 1. The number of nitrogens with one attached hydrogen (secondary N) is 2. The number of rotatable bonds is 5. The molecule has 2 heterocycles. The normalized spacial score (nSPS) is 16.8. The number of esters is 1. The zero-order valence-electron chi connectivity index (χ0n) is 20.3. The van der Waals surface area contributed by atoms with Gasteiger partial charge in [0.05, 0.1) is 4.88 Å². The summed E-state index contributed by atoms with van der Waals surface area (Å²) in [6, 6.07) is 7.70. The molecule has 0 saturated carbocycles. The van der Waals surface area contributed by atoms with Crippen molar-refractivity contribution in [2.45, 2.75) is 59.5 Å². The monoisotopic (exact) mass is 512 g/mol. The average molecular weight is 513 g/mol. The van der Waals surface area contributed by atoms with Crippen molar-refractivity contribution in [3.05, 3.63) is 66.6 Å². The fraction of sp³-hybridized carbons (Fsp3) is 0.346. The van der Waals surface area contributed by atoms with Gasteiger partial charge >= 0.3 is 10.8 Å². The molecule has 2 aromatic carbocycles. The van der Waals surface area contributed by atoms with Crippen LogP contribution in [0.5, 0.6) is 17.4 Å². The molecule has 0 aliphatic carbocycles. The number of fused-ring (bicyclic) bond motifs is 1. The Morgan fingerprint density at radius 2 is 1.91 bits per heavy atom. The number of thiocarbonyl (C=S) groups is 1. The summed E-state index contributed by atoms with van der Waals surface area (Å²) in [5, 5.41) is 13.1. The van der Waals surface area contributed by atoms with Crippen LogP contribution in [0.4, 0.5) is 5.69 Å². The molecule has 1 aliphatic rings. The molecule has 1 unspecified atom stereocenters. The predicted octanol–water partition coefficient (Wildman–Crippen LogP) is 5.11. The molecular formula is C26H28N2O5S2. The first-order chi connectivity index (χ1) is 16.5. The van der Waals surface area contributed by atoms with Gasteiger partial charge in [0, 0.05) is 24.6 Å². The average Bonchev–Trinajstić information content (AvgIpc) is 3.12. The highest BCUT2D eigenvalue weighted by atomic mass is 32.1. The number of carbonyl (C=O) groups is 1. The molecule has 1 aliphatic heterocycles. The first kappa shape index (κ1) is 24.9. The summed E-state index contributed by atoms with van der Waals surface area (Å²) < 4.78 is 12.0. The number of hydrogen-bond donors (Lipinski definition) is 3. The minimum atomic E-state index is -0.698. The Balaban J connectivity index is 1.51. The van der Waals surface area contributed by atoms with Crippen LogP contribution in [-0.2, 0) is 17.6 Å². The molecule has 4 rings (SSSR count). The molecule has 35 heavy (non-hydrogen) atoms. The Hall–Kier alpha value is -3.17. The molecule has 3 N–H and O–H groups in total. The number of ether oxygens (including phenoxy) is 2. The third-order valence-electron chi connectivity index (χ3n) is 6.49. The maximum absolute atomic E-state index is 11.6. The lowest BCUT2D eigenvalue weighted by atomic mass is 9.87. The van der Waals surface area contributed by atoms with E-state index in [1.54, 1.807) is 0 Å². The number of anilines is 1. The van der Waals surface area contributed by atoms with Crippen LogP contribution in [0, 0.1) is 20.8 Å². The number of aromatic nitrogens is 1. The minimum absolute atomic E-state index is 0.0771. The van der Waals surface area contributed by atoms with E-state index in [-0.39, 0.29) is 16.7 Å². The fourth-order valence-electron chi connectivity index (χ4n) is 4.32. The molecule has 0 radical (unpaired) electrons. The zero-order chi connectivity index (χ0) is 25.5. The van der Waals surface area contributed by atoms with Gasteiger partial charge in [0.1, 0.15) is 16.5 Å². The number of carbonyl (C=O) groups excluding carboxylic acids is 1. The Labute approximate surface area is 213 Å². The molecule has 7 nitrogen and oxygen atoms in total. The quantitative estimate of drug-likeness (QED) is 0.248. The number of hydrogen-bond acceptors (Lipinski definition) is 7. The van der Waals surface area contributed by atoms with Crippen LogP contribution in [0.15, 0.2) is 29.1 Å². The van der Waals surface area contributed by atoms with Gasteiger partial charge < -0.3 is 19.9 Å². The molecular weight excluding hydrogens is 484 g/mol. The number of benzene rings is 2. The molecule has 0 fully saturated rings. The van der Waals surface area contributed by atoms with Gasteiger partial charge in [-0.3, -0.25) is 14.6 Å². The second-order valence-corrected chi connectivity index (χ2v) is 10.5. The maximum atomic E-state index is 11.6. The highest BCUT2D eigenvalue weighted by molar-refractivity contribution is 7.80. The minimum Gasteiger partial charge on any atom is -0.494 e. The highest BCUT2D eigenvalue weighted by Gasteiger charge is 2.38. The molecule has 184 valence electrons. The smallest absolute Gasteiger partial charge is 0.308 e. The van der Waals surface area contributed by atoms with E-state index in [9.17, 15) is 14.7 Å². The van der Waals surface area contributed by atoms with Crippen molar-refractivity contribution in [2.24, 2.45) is 0 Å². The first-order valence-electron chi connectivity index (χ1n) is 11.3. The van der Waals surface area contributed by atoms with Crippen LogP contribution in [0.25, 0.3) is 0 Å². The third-order valence-corrected chi connectivity index (χ3v) is 7.90. The van der Waals surface area contributed by atoms with Crippen molar-refractivity contribution in [1.29, 1.82) is 0 Å². The van der Waals surface area contributed by atoms with E-state index in [1.807, 2.05) is 52.0 Å². The standard InChI is InChI=1S/C26H28N2O5S2/c1-13-14(2)22-19(15(3)21(13)32-16(4)29)10-11-26(5,33-22)24(34)27-18-8-6-17(7-9-18)12-20-23(30)28-25(31)35-20/h6-9,30H,10-12H2,1-5H3,(H,27,34)(H,28,31). The third kappa shape index (κ3) is 4.97. The van der Waals surface area contributed by atoms with Gasteiger partial charge in [0.2, 0.25) is 5.88 Å². The summed E-state index contributed by atoms with van der Waals surface area (Å²) in [4.78, 5) is 26.3. The van der Waals surface area contributed by atoms with Crippen LogP contribution in [0.3, 0.4) is 0 Å². The van der Waals surface area contributed by atoms with Crippen molar-refractivity contribution in [2.75, 3.05) is 5.32 Å². The highest BCUT2D eigenvalue weighted by Crippen LogP contribution is 2.44. The first-order valence-corrected chi connectivity index (χ1v) is 12.5. The Morgan fingerprint density at radius 1 is 1.23 bits per heavy atom. The molecule has 1 aromatic heterocycles. The van der Waals surface area contributed by atoms with Crippen molar-refractivity contribution in [3.63, 3.8) is 0 Å². The SMILES string of the molecule is CC(=O)Oc1c(C)c(C)c2c(c1C)CCC(C)(C(=S)Nc1ccc(Cc3sc(=O)[nH]c3O)cc1)O2. The van der Waals surface area contributed by atoms with E-state index in [4.69, 9.17) is 21.7 Å². The molecule has 9 heteroatoms. The summed E-state index contributed by atoms with van der Waals surface area (Å²) in [7, 11) is 0. The Bertz CT molecular complexity index is 1370. The lowest BCUT2D eigenvalue weighted by molar-refractivity contribution is -0.132. The van der Waals surface area contributed by atoms with Gasteiger partial charge in [-0.05, 0) is 74.9 Å². The lowest BCUT2D eigenvalue weighted by Crippen LogP contribution is -2.47. The largest absolute Gasteiger partial charge is 0.494 e. The van der Waals surface area contributed by atoms with Crippen molar-refractivity contribution >= 4 is 40.2 Å². The fourth-order valence-corrected chi connectivity index (χ4v) is 5.34. The van der Waals surface area contributed by atoms with Gasteiger partial charge in [-0.1, -0.05) is 35.7 Å². The zero-order valence-corrected chi connectivity index (χ0v) is 22.0. The summed E-state index contributed by atoms with van der Waals surface area (Å²) in [6.07, 6.45) is 1.89. The van der Waals surface area contributed by atoms with Crippen LogP contribution in [0.2, 0.25) is 0 Å². The summed E-state index contributed by atoms with van der Waals surface area (Å²) >= 11 is 6.78. The Kier molecular flexibility index (Phi) is 6.75. The van der Waals surface area contributed by atoms with Crippen LogP contribution in [0.1, 0.15) is 53.0 Å². The van der Waals surface area contributed by atoms with E-state index in [0.717, 1.165) is 57.0 Å². The Morgan fingerprint density at radius 3 is 2.51 bits per heavy atom. The van der Waals surface area contributed by atoms with Crippen LogP contribution < -0.4 is 19.7 Å². The summed E-state index contributed by atoms with van der Waals surface area (Å²) in [6.45, 7) is 9.26. The van der Waals surface area contributed by atoms with Gasteiger partial charge in [-0.25, -0.2) is 0 Å². The molecule has 1 atom stereocenters. The number of H-pyrrole nitrogens is 1. The maximum Gasteiger partial charge on any atom is 0.308 e. The van der Waals surface area contributed by atoms with Crippen molar-refractivity contribution in [1.82, 2.24) is 4.98 Å². The second kappa shape index (κ2) is 9.47. The molecule has 0 amide bonds. The van der Waals surface area contributed by atoms with Crippen molar-refractivity contribution < 1.29 is 19.4 Å². The second-order valence-electron chi connectivity index (χ2n) is 9.05. The van der Waals surface area contributed by atoms with E-state index in [1.165, 1.54) is 6.92 Å². The van der Waals surface area contributed by atoms with E-state index < -0.39 is 5.60 Å². The number of aromatic amines is 1. The summed E-state index contributed by atoms with van der Waals surface area (Å²) in [5.74, 6) is 0.998. The molecule has 3 aromatic rings. The van der Waals surface area contributed by atoms with E-state index >= 15 is 0 Å². The predicted molar refractivity (Wildman–Crippen MR) is 141 cm³/mol. The van der Waals surface area contributed by atoms with Gasteiger partial charge in [-0.15, -0.1) is 0 Å². The van der Waals surface area contributed by atoms with Gasteiger partial charge in [0.15, 0.2) is 5.60 Å². The van der Waals surface area contributed by atoms with Gasteiger partial charge in [0.25, 0.3) is 0 Å². The van der Waals surface area contributed by atoms with Crippen molar-refractivity contribution in [3.8, 4) is 17.4 Å². The van der Waals surface area contributed by atoms with E-state index in [0.29, 0.717) is 28.5 Å². The topological polar surface area (TPSA) is 101 Å². The summed E-state index contributed by atoms with van der Waals surface area (Å²) in [5.41, 5.74) is 4.89. The van der Waals surface area contributed by atoms with Crippen LogP contribution in [-0.4, -0.2) is 26.6 Å². The molecule has 0 spiro atoms. The molecule has 0 bridgehead atoms. The lowest BCUT2D eigenvalue weighted by Gasteiger charge is -2.38. The molecule has 0 saturated heterocycles. The van der Waals surface area contributed by atoms with E-state index in [2.05, 4.69) is 10.3 Å². The van der Waals surface area contributed by atoms with Crippen LogP contribution >= 0.6 is 23.6 Å². The number of aromatic hydroxyl groups is 1.